The summed E-state index contributed by atoms with van der Waals surface area (Å²) in [4.78, 5) is 13.9. The van der Waals surface area contributed by atoms with E-state index in [2.05, 4.69) is 51.8 Å². The summed E-state index contributed by atoms with van der Waals surface area (Å²) in [5, 5.41) is 9.80. The number of amides is 1. The predicted molar refractivity (Wildman–Crippen MR) is 111 cm³/mol. The van der Waals surface area contributed by atoms with Crippen molar-refractivity contribution in [3.05, 3.63) is 75.2 Å². The van der Waals surface area contributed by atoms with Gasteiger partial charge in [-0.3, -0.25) is 9.48 Å². The summed E-state index contributed by atoms with van der Waals surface area (Å²) >= 11 is 1.71. The van der Waals surface area contributed by atoms with Gasteiger partial charge in [0.2, 0.25) is 5.91 Å². The molecule has 4 rings (SSSR count). The molecule has 2 unspecified atom stereocenters. The Morgan fingerprint density at radius 2 is 2.04 bits per heavy atom. The van der Waals surface area contributed by atoms with Gasteiger partial charge in [0.05, 0.1) is 18.3 Å². The van der Waals surface area contributed by atoms with Crippen LogP contribution in [0.4, 0.5) is 0 Å². The number of rotatable bonds is 6. The monoisotopic (exact) mass is 395 g/mol. The summed E-state index contributed by atoms with van der Waals surface area (Å²) in [7, 11) is 0. The first-order valence-corrected chi connectivity index (χ1v) is 10.4. The first kappa shape index (κ1) is 18.9. The maximum absolute atomic E-state index is 12.6. The molecule has 146 valence electrons. The van der Waals surface area contributed by atoms with Gasteiger partial charge in [-0.1, -0.05) is 36.4 Å². The number of nitrogens with zero attached hydrogens (tertiary/aromatic N) is 2. The second kappa shape index (κ2) is 8.26. The summed E-state index contributed by atoms with van der Waals surface area (Å²) in [6, 6.07) is 14.4. The molecule has 0 radical (unpaired) electrons. The van der Waals surface area contributed by atoms with E-state index in [1.165, 1.54) is 10.4 Å². The Morgan fingerprint density at radius 3 is 2.79 bits per heavy atom. The lowest BCUT2D eigenvalue weighted by Gasteiger charge is -2.11. The number of carbonyl (C=O) groups is 1. The molecule has 0 spiro atoms. The number of aryl methyl sites for hydroxylation is 1. The van der Waals surface area contributed by atoms with Crippen molar-refractivity contribution in [3.8, 4) is 0 Å². The van der Waals surface area contributed by atoms with Gasteiger partial charge < -0.3 is 5.32 Å². The lowest BCUT2D eigenvalue weighted by molar-refractivity contribution is -0.123. The molecule has 0 saturated carbocycles. The second-order valence-corrected chi connectivity index (χ2v) is 8.13. The average Bonchev–Trinajstić information content (AvgIpc) is 3.43. The third-order valence-electron chi connectivity index (χ3n) is 5.25. The maximum atomic E-state index is 12.6. The van der Waals surface area contributed by atoms with E-state index in [0.29, 0.717) is 6.54 Å². The number of carbonyl (C=O) groups excluding carboxylic acids is 1. The minimum Gasteiger partial charge on any atom is -0.350 e. The SMILES string of the molecule is Cc1nn(Cc2ccccc2)c(C)c1CNC(=O)C1CC(c2cccs2)NN1. The Morgan fingerprint density at radius 1 is 1.21 bits per heavy atom. The molecule has 1 fully saturated rings. The number of hydrogen-bond donors (Lipinski definition) is 3. The van der Waals surface area contributed by atoms with Gasteiger partial charge in [0.1, 0.15) is 6.04 Å². The van der Waals surface area contributed by atoms with Crippen molar-refractivity contribution < 1.29 is 4.79 Å². The van der Waals surface area contributed by atoms with Crippen LogP contribution in [0.15, 0.2) is 47.8 Å². The number of hydrazine groups is 1. The molecule has 1 aliphatic rings. The molecule has 3 N–H and O–H groups in total. The highest BCUT2D eigenvalue weighted by atomic mass is 32.1. The molecule has 1 amide bonds. The van der Waals surface area contributed by atoms with E-state index in [0.717, 1.165) is 29.9 Å². The summed E-state index contributed by atoms with van der Waals surface area (Å²) < 4.78 is 2.01. The van der Waals surface area contributed by atoms with Gasteiger partial charge in [0.25, 0.3) is 0 Å². The van der Waals surface area contributed by atoms with Crippen LogP contribution in [0.25, 0.3) is 0 Å². The van der Waals surface area contributed by atoms with E-state index >= 15 is 0 Å². The molecule has 3 heterocycles. The third-order valence-corrected chi connectivity index (χ3v) is 6.24. The van der Waals surface area contributed by atoms with Gasteiger partial charge >= 0.3 is 0 Å². The molecule has 28 heavy (non-hydrogen) atoms. The van der Waals surface area contributed by atoms with Crippen LogP contribution in [0.5, 0.6) is 0 Å². The van der Waals surface area contributed by atoms with Crippen LogP contribution < -0.4 is 16.2 Å². The Hall–Kier alpha value is -2.48. The molecular weight excluding hydrogens is 370 g/mol. The fourth-order valence-corrected chi connectivity index (χ4v) is 4.39. The van der Waals surface area contributed by atoms with E-state index < -0.39 is 0 Å². The average molecular weight is 396 g/mol. The van der Waals surface area contributed by atoms with Gasteiger partial charge in [-0.05, 0) is 37.3 Å². The Balaban J connectivity index is 1.36. The maximum Gasteiger partial charge on any atom is 0.238 e. The Bertz CT molecular complexity index is 935. The molecule has 2 atom stereocenters. The summed E-state index contributed by atoms with van der Waals surface area (Å²) in [5.41, 5.74) is 10.7. The van der Waals surface area contributed by atoms with Crippen molar-refractivity contribution in [1.82, 2.24) is 25.9 Å². The van der Waals surface area contributed by atoms with Gasteiger partial charge in [-0.25, -0.2) is 10.9 Å². The van der Waals surface area contributed by atoms with E-state index in [1.807, 2.05) is 35.9 Å². The number of benzene rings is 1. The molecule has 1 aromatic carbocycles. The predicted octanol–water partition coefficient (Wildman–Crippen LogP) is 2.83. The van der Waals surface area contributed by atoms with Gasteiger partial charge in [-0.15, -0.1) is 11.3 Å². The molecule has 2 aromatic heterocycles. The van der Waals surface area contributed by atoms with E-state index in [4.69, 9.17) is 0 Å². The molecule has 0 aliphatic carbocycles. The second-order valence-electron chi connectivity index (χ2n) is 7.16. The first-order valence-electron chi connectivity index (χ1n) is 9.51. The van der Waals surface area contributed by atoms with E-state index in [9.17, 15) is 4.79 Å². The van der Waals surface area contributed by atoms with E-state index in [1.54, 1.807) is 11.3 Å². The molecule has 1 aliphatic heterocycles. The van der Waals surface area contributed by atoms with Crippen molar-refractivity contribution in [1.29, 1.82) is 0 Å². The number of aromatic nitrogens is 2. The quantitative estimate of drug-likeness (QED) is 0.600. The molecular formula is C21H25N5OS. The number of nitrogens with one attached hydrogen (secondary N) is 3. The zero-order valence-electron chi connectivity index (χ0n) is 16.1. The van der Waals surface area contributed by atoms with Gasteiger partial charge in [0, 0.05) is 22.7 Å². The summed E-state index contributed by atoms with van der Waals surface area (Å²) in [6.07, 6.45) is 0.748. The van der Waals surface area contributed by atoms with Crippen molar-refractivity contribution in [2.24, 2.45) is 0 Å². The van der Waals surface area contributed by atoms with Crippen LogP contribution >= 0.6 is 11.3 Å². The van der Waals surface area contributed by atoms with Gasteiger partial charge in [0.15, 0.2) is 0 Å². The lowest BCUT2D eigenvalue weighted by Crippen LogP contribution is -2.43. The minimum atomic E-state index is -0.230. The van der Waals surface area contributed by atoms with Crippen LogP contribution in [-0.4, -0.2) is 21.7 Å². The minimum absolute atomic E-state index is 0.0150. The topological polar surface area (TPSA) is 71.0 Å². The van der Waals surface area contributed by atoms with Crippen molar-refractivity contribution in [3.63, 3.8) is 0 Å². The number of thiophene rings is 1. The Labute approximate surface area is 168 Å². The van der Waals surface area contributed by atoms with Crippen LogP contribution in [0.1, 0.15) is 39.9 Å². The molecule has 3 aromatic rings. The highest BCUT2D eigenvalue weighted by Gasteiger charge is 2.30. The zero-order chi connectivity index (χ0) is 19.5. The molecule has 6 nitrogen and oxygen atoms in total. The first-order chi connectivity index (χ1) is 13.6. The van der Waals surface area contributed by atoms with Gasteiger partial charge in [-0.2, -0.15) is 5.10 Å². The standard InChI is InChI=1S/C21H25N5OS/c1-14-17(15(2)26(25-14)13-16-7-4-3-5-8-16)12-22-21(27)19-11-18(23-24-19)20-9-6-10-28-20/h3-10,18-19,23-24H,11-13H2,1-2H3,(H,22,27). The van der Waals surface area contributed by atoms with Crippen LogP contribution in [0, 0.1) is 13.8 Å². The lowest BCUT2D eigenvalue weighted by atomic mass is 10.1. The summed E-state index contributed by atoms with van der Waals surface area (Å²) in [6.45, 7) is 5.29. The highest BCUT2D eigenvalue weighted by Crippen LogP contribution is 2.26. The third kappa shape index (κ3) is 4.01. The normalized spacial score (nSPS) is 19.1. The smallest absolute Gasteiger partial charge is 0.238 e. The highest BCUT2D eigenvalue weighted by molar-refractivity contribution is 7.10. The van der Waals surface area contributed by atoms with Crippen LogP contribution in [0.3, 0.4) is 0 Å². The number of hydrogen-bond acceptors (Lipinski definition) is 5. The largest absolute Gasteiger partial charge is 0.350 e. The van der Waals surface area contributed by atoms with Crippen molar-refractivity contribution in [2.75, 3.05) is 0 Å². The molecule has 0 bridgehead atoms. The van der Waals surface area contributed by atoms with Crippen LogP contribution in [0.2, 0.25) is 0 Å². The summed E-state index contributed by atoms with van der Waals surface area (Å²) in [5.74, 6) is 0.0150. The van der Waals surface area contributed by atoms with Crippen molar-refractivity contribution >= 4 is 17.2 Å². The fraction of sp³-hybridized carbons (Fsp3) is 0.333. The molecule has 1 saturated heterocycles. The van der Waals surface area contributed by atoms with E-state index in [-0.39, 0.29) is 18.0 Å². The molecule has 7 heteroatoms. The zero-order valence-corrected chi connectivity index (χ0v) is 16.9. The fourth-order valence-electron chi connectivity index (χ4n) is 3.60. The van der Waals surface area contributed by atoms with Crippen molar-refractivity contribution in [2.45, 2.75) is 45.4 Å². The van der Waals surface area contributed by atoms with Crippen LogP contribution in [-0.2, 0) is 17.9 Å². The Kier molecular flexibility index (Phi) is 5.57.